The SMILES string of the molecule is C[C@@]12CCN(C(=O)[C@H]3CCCC[C@H]3NC(=O)c3ccccc3)[C@H]1c1ccccc1N[C@H]2c1ccsc1. The summed E-state index contributed by atoms with van der Waals surface area (Å²) in [6, 6.07) is 20.0. The van der Waals surface area contributed by atoms with E-state index in [2.05, 4.69) is 63.5 Å². The molecule has 0 spiro atoms. The molecule has 1 aliphatic carbocycles. The Labute approximate surface area is 216 Å². The lowest BCUT2D eigenvalue weighted by Crippen LogP contribution is -2.51. The summed E-state index contributed by atoms with van der Waals surface area (Å²) in [7, 11) is 0. The topological polar surface area (TPSA) is 61.4 Å². The number of thiophene rings is 1. The zero-order valence-corrected chi connectivity index (χ0v) is 21.5. The van der Waals surface area contributed by atoms with Gasteiger partial charge in [-0.3, -0.25) is 9.59 Å². The van der Waals surface area contributed by atoms with Gasteiger partial charge in [-0.05, 0) is 65.4 Å². The zero-order valence-electron chi connectivity index (χ0n) is 20.7. The zero-order chi connectivity index (χ0) is 24.7. The third-order valence-electron chi connectivity index (χ3n) is 8.64. The van der Waals surface area contributed by atoms with Gasteiger partial charge in [-0.15, -0.1) is 0 Å². The lowest BCUT2D eigenvalue weighted by atomic mass is 9.68. The molecule has 186 valence electrons. The average molecular weight is 500 g/mol. The number of nitrogens with zero attached hydrogens (tertiary/aromatic N) is 1. The number of benzene rings is 2. The van der Waals surface area contributed by atoms with Crippen LogP contribution < -0.4 is 10.6 Å². The van der Waals surface area contributed by atoms with Crippen molar-refractivity contribution in [3.05, 3.63) is 88.1 Å². The van der Waals surface area contributed by atoms with Crippen LogP contribution in [0, 0.1) is 11.3 Å². The standard InChI is InChI=1S/C30H33N3O2S/c1-30-16-17-33(27(30)22-11-5-7-13-24(22)31-26(30)21-15-18-36-19-21)29(35)23-12-6-8-14-25(23)32-28(34)20-9-3-2-4-10-20/h2-5,7,9-11,13,15,18-19,23,25-27,31H,6,8,12,14,16-17H2,1H3,(H,32,34)/t23-,25+,26-,27-,30-/m0/s1. The van der Waals surface area contributed by atoms with Crippen LogP contribution in [0.1, 0.15) is 72.6 Å². The van der Waals surface area contributed by atoms with Crippen LogP contribution in [-0.4, -0.2) is 29.3 Å². The van der Waals surface area contributed by atoms with Crippen molar-refractivity contribution < 1.29 is 9.59 Å². The summed E-state index contributed by atoms with van der Waals surface area (Å²) in [4.78, 5) is 29.4. The lowest BCUT2D eigenvalue weighted by molar-refractivity contribution is -0.139. The van der Waals surface area contributed by atoms with Crippen LogP contribution in [-0.2, 0) is 4.79 Å². The minimum Gasteiger partial charge on any atom is -0.377 e. The molecule has 6 rings (SSSR count). The first kappa shape index (κ1) is 23.3. The largest absolute Gasteiger partial charge is 0.377 e. The van der Waals surface area contributed by atoms with E-state index >= 15 is 0 Å². The first-order valence-corrected chi connectivity index (χ1v) is 14.0. The molecule has 1 saturated carbocycles. The molecule has 5 nitrogen and oxygen atoms in total. The Balaban J connectivity index is 1.31. The number of para-hydroxylation sites is 1. The molecule has 2 fully saturated rings. The first-order chi connectivity index (χ1) is 17.6. The maximum Gasteiger partial charge on any atom is 0.251 e. The minimum absolute atomic E-state index is 0.0137. The fraction of sp³-hybridized carbons (Fsp3) is 0.400. The minimum atomic E-state index is -0.185. The average Bonchev–Trinajstić information content (AvgIpc) is 3.57. The Kier molecular flexibility index (Phi) is 6.08. The first-order valence-electron chi connectivity index (χ1n) is 13.1. The van der Waals surface area contributed by atoms with Crippen molar-refractivity contribution in [1.29, 1.82) is 0 Å². The second-order valence-electron chi connectivity index (χ2n) is 10.7. The highest BCUT2D eigenvalue weighted by Gasteiger charge is 2.55. The Morgan fingerprint density at radius 1 is 1.03 bits per heavy atom. The van der Waals surface area contributed by atoms with Crippen LogP contribution in [0.5, 0.6) is 0 Å². The van der Waals surface area contributed by atoms with Crippen LogP contribution in [0.2, 0.25) is 0 Å². The second kappa shape index (κ2) is 9.40. The number of hydrogen-bond donors (Lipinski definition) is 2. The van der Waals surface area contributed by atoms with E-state index in [0.29, 0.717) is 5.56 Å². The number of fused-ring (bicyclic) bond motifs is 3. The molecule has 0 unspecified atom stereocenters. The van der Waals surface area contributed by atoms with Crippen LogP contribution in [0.4, 0.5) is 5.69 Å². The predicted molar refractivity (Wildman–Crippen MR) is 144 cm³/mol. The van der Waals surface area contributed by atoms with Gasteiger partial charge in [-0.25, -0.2) is 0 Å². The molecule has 2 aliphatic heterocycles. The maximum atomic E-state index is 14.3. The highest BCUT2D eigenvalue weighted by molar-refractivity contribution is 7.08. The molecular formula is C30H33N3O2S. The van der Waals surface area contributed by atoms with Gasteiger partial charge in [0.25, 0.3) is 5.91 Å². The van der Waals surface area contributed by atoms with E-state index in [-0.39, 0.29) is 41.3 Å². The van der Waals surface area contributed by atoms with E-state index in [1.54, 1.807) is 11.3 Å². The lowest BCUT2D eigenvalue weighted by Gasteiger charge is -2.47. The molecule has 1 saturated heterocycles. The fourth-order valence-electron chi connectivity index (χ4n) is 6.79. The second-order valence-corrected chi connectivity index (χ2v) is 11.5. The van der Waals surface area contributed by atoms with Crippen molar-refractivity contribution >= 4 is 28.8 Å². The monoisotopic (exact) mass is 499 g/mol. The van der Waals surface area contributed by atoms with Crippen molar-refractivity contribution in [3.63, 3.8) is 0 Å². The number of anilines is 1. The van der Waals surface area contributed by atoms with Crippen LogP contribution >= 0.6 is 11.3 Å². The number of carbonyl (C=O) groups excluding carboxylic acids is 2. The van der Waals surface area contributed by atoms with E-state index in [0.717, 1.165) is 44.3 Å². The Morgan fingerprint density at radius 2 is 1.81 bits per heavy atom. The van der Waals surface area contributed by atoms with E-state index in [1.165, 1.54) is 11.1 Å². The summed E-state index contributed by atoms with van der Waals surface area (Å²) >= 11 is 1.72. The van der Waals surface area contributed by atoms with Crippen molar-refractivity contribution in [1.82, 2.24) is 10.2 Å². The molecule has 0 bridgehead atoms. The summed E-state index contributed by atoms with van der Waals surface area (Å²) in [5.41, 5.74) is 4.16. The predicted octanol–water partition coefficient (Wildman–Crippen LogP) is 6.18. The van der Waals surface area contributed by atoms with Gasteiger partial charge < -0.3 is 15.5 Å². The highest BCUT2D eigenvalue weighted by Crippen LogP contribution is 2.60. The normalized spacial score (nSPS) is 29.1. The summed E-state index contributed by atoms with van der Waals surface area (Å²) in [6.07, 6.45) is 4.68. The van der Waals surface area contributed by atoms with Crippen molar-refractivity contribution in [3.8, 4) is 0 Å². The van der Waals surface area contributed by atoms with Crippen LogP contribution in [0.25, 0.3) is 0 Å². The van der Waals surface area contributed by atoms with Crippen molar-refractivity contribution in [2.75, 3.05) is 11.9 Å². The van der Waals surface area contributed by atoms with Gasteiger partial charge in [-0.2, -0.15) is 11.3 Å². The molecule has 3 heterocycles. The number of likely N-dealkylation sites (tertiary alicyclic amines) is 1. The number of carbonyl (C=O) groups is 2. The molecule has 0 radical (unpaired) electrons. The summed E-state index contributed by atoms with van der Waals surface area (Å²) in [6.45, 7) is 3.08. The molecule has 1 aromatic heterocycles. The number of nitrogens with one attached hydrogen (secondary N) is 2. The molecule has 3 aliphatic rings. The summed E-state index contributed by atoms with van der Waals surface area (Å²) in [5.74, 6) is -0.0748. The number of amides is 2. The molecular weight excluding hydrogens is 466 g/mol. The quantitative estimate of drug-likeness (QED) is 0.450. The van der Waals surface area contributed by atoms with Gasteiger partial charge in [-0.1, -0.05) is 56.2 Å². The number of rotatable bonds is 4. The van der Waals surface area contributed by atoms with Gasteiger partial charge in [0, 0.05) is 29.3 Å². The van der Waals surface area contributed by atoms with Crippen LogP contribution in [0.15, 0.2) is 71.4 Å². The van der Waals surface area contributed by atoms with Crippen molar-refractivity contribution in [2.45, 2.75) is 57.2 Å². The molecule has 2 amide bonds. The third-order valence-corrected chi connectivity index (χ3v) is 9.34. The smallest absolute Gasteiger partial charge is 0.251 e. The van der Waals surface area contributed by atoms with Gasteiger partial charge in [0.2, 0.25) is 5.91 Å². The molecule has 2 N–H and O–H groups in total. The molecule has 36 heavy (non-hydrogen) atoms. The highest BCUT2D eigenvalue weighted by atomic mass is 32.1. The Bertz CT molecular complexity index is 1240. The van der Waals surface area contributed by atoms with Crippen molar-refractivity contribution in [2.24, 2.45) is 11.3 Å². The Morgan fingerprint density at radius 3 is 2.61 bits per heavy atom. The van der Waals surface area contributed by atoms with E-state index in [9.17, 15) is 9.59 Å². The number of hydrogen-bond acceptors (Lipinski definition) is 4. The van der Waals surface area contributed by atoms with Gasteiger partial charge >= 0.3 is 0 Å². The molecule has 2 aromatic carbocycles. The molecule has 3 aromatic rings. The van der Waals surface area contributed by atoms with Gasteiger partial charge in [0.15, 0.2) is 0 Å². The summed E-state index contributed by atoms with van der Waals surface area (Å²) < 4.78 is 0. The Hall–Kier alpha value is -3.12. The van der Waals surface area contributed by atoms with Gasteiger partial charge in [0.05, 0.1) is 18.0 Å². The third kappa shape index (κ3) is 3.92. The maximum absolute atomic E-state index is 14.3. The van der Waals surface area contributed by atoms with E-state index in [1.807, 2.05) is 30.3 Å². The summed E-state index contributed by atoms with van der Waals surface area (Å²) in [5, 5.41) is 11.4. The fourth-order valence-corrected chi connectivity index (χ4v) is 7.48. The van der Waals surface area contributed by atoms with Gasteiger partial charge in [0.1, 0.15) is 0 Å². The molecule has 5 atom stereocenters. The van der Waals surface area contributed by atoms with Crippen LogP contribution in [0.3, 0.4) is 0 Å². The van der Waals surface area contributed by atoms with E-state index < -0.39 is 0 Å². The van der Waals surface area contributed by atoms with E-state index in [4.69, 9.17) is 0 Å². The molecule has 6 heteroatoms.